The first-order valence-electron chi connectivity index (χ1n) is 6.06. The Morgan fingerprint density at radius 1 is 1.31 bits per heavy atom. The van der Waals surface area contributed by atoms with E-state index >= 15 is 0 Å². The maximum atomic E-state index is 5.33. The van der Waals surface area contributed by atoms with Crippen molar-refractivity contribution in [1.82, 2.24) is 5.32 Å². The van der Waals surface area contributed by atoms with Gasteiger partial charge in [0.25, 0.3) is 0 Å². The summed E-state index contributed by atoms with van der Waals surface area (Å²) >= 11 is 0. The average Bonchev–Trinajstić information content (AvgIpc) is 2.30. The fourth-order valence-corrected chi connectivity index (χ4v) is 1.90. The summed E-state index contributed by atoms with van der Waals surface area (Å²) in [6.45, 7) is 13.5. The molecule has 1 fully saturated rings. The van der Waals surface area contributed by atoms with E-state index in [2.05, 4.69) is 25.1 Å². The van der Waals surface area contributed by atoms with Crippen molar-refractivity contribution in [2.75, 3.05) is 13.2 Å². The molecule has 0 aromatic rings. The zero-order valence-corrected chi connectivity index (χ0v) is 10.1. The van der Waals surface area contributed by atoms with Crippen molar-refractivity contribution in [2.45, 2.75) is 32.1 Å². The van der Waals surface area contributed by atoms with Crippen molar-refractivity contribution >= 4 is 0 Å². The molecule has 0 bridgehead atoms. The summed E-state index contributed by atoms with van der Waals surface area (Å²) in [7, 11) is 0. The van der Waals surface area contributed by atoms with E-state index in [1.807, 2.05) is 6.08 Å². The van der Waals surface area contributed by atoms with Crippen LogP contribution in [0.4, 0.5) is 0 Å². The lowest BCUT2D eigenvalue weighted by molar-refractivity contribution is 0.0745. The van der Waals surface area contributed by atoms with Crippen LogP contribution in [-0.2, 0) is 4.74 Å². The van der Waals surface area contributed by atoms with Crippen molar-refractivity contribution in [3.63, 3.8) is 0 Å². The van der Waals surface area contributed by atoms with Gasteiger partial charge in [-0.2, -0.15) is 0 Å². The third kappa shape index (κ3) is 4.67. The molecule has 0 radical (unpaired) electrons. The molecule has 0 aromatic carbocycles. The van der Waals surface area contributed by atoms with Gasteiger partial charge < -0.3 is 10.1 Å². The summed E-state index contributed by atoms with van der Waals surface area (Å²) in [5, 5.41) is 3.33. The van der Waals surface area contributed by atoms with Crippen molar-refractivity contribution in [1.29, 1.82) is 0 Å². The van der Waals surface area contributed by atoms with Crippen LogP contribution in [0.1, 0.15) is 32.1 Å². The maximum Gasteiger partial charge on any atom is 0.0472 e. The van der Waals surface area contributed by atoms with E-state index in [4.69, 9.17) is 4.74 Å². The van der Waals surface area contributed by atoms with Crippen LogP contribution in [-0.4, -0.2) is 13.2 Å². The molecule has 0 atom stereocenters. The first-order valence-corrected chi connectivity index (χ1v) is 6.06. The fraction of sp³-hybridized carbons (Fsp3) is 0.571. The van der Waals surface area contributed by atoms with Crippen LogP contribution in [0.5, 0.6) is 0 Å². The summed E-state index contributed by atoms with van der Waals surface area (Å²) in [6, 6.07) is 0. The van der Waals surface area contributed by atoms with E-state index < -0.39 is 0 Å². The summed E-state index contributed by atoms with van der Waals surface area (Å²) in [6.07, 6.45) is 7.24. The van der Waals surface area contributed by atoms with Gasteiger partial charge in [-0.3, -0.25) is 0 Å². The maximum absolute atomic E-state index is 5.33. The molecule has 0 spiro atoms. The summed E-state index contributed by atoms with van der Waals surface area (Å²) < 4.78 is 5.33. The monoisotopic (exact) mass is 221 g/mol. The Morgan fingerprint density at radius 3 is 2.62 bits per heavy atom. The largest absolute Gasteiger partial charge is 0.381 e. The number of rotatable bonds is 7. The van der Waals surface area contributed by atoms with Crippen LogP contribution < -0.4 is 5.32 Å². The molecule has 0 aliphatic carbocycles. The highest BCUT2D eigenvalue weighted by molar-refractivity contribution is 5.08. The second-order valence-electron chi connectivity index (χ2n) is 4.32. The topological polar surface area (TPSA) is 21.3 Å². The lowest BCUT2D eigenvalue weighted by Gasteiger charge is -2.25. The van der Waals surface area contributed by atoms with Crippen LogP contribution in [0.2, 0.25) is 0 Å². The zero-order valence-electron chi connectivity index (χ0n) is 10.1. The SMILES string of the molecule is C=CCCCC(=C)NC(=C)C1CCOCC1. The van der Waals surface area contributed by atoms with E-state index in [1.54, 1.807) is 0 Å². The number of nitrogens with one attached hydrogen (secondary N) is 1. The van der Waals surface area contributed by atoms with E-state index in [0.717, 1.165) is 56.7 Å². The third-order valence-electron chi connectivity index (χ3n) is 2.94. The minimum atomic E-state index is 0.546. The van der Waals surface area contributed by atoms with Crippen LogP contribution in [0.25, 0.3) is 0 Å². The summed E-state index contributed by atoms with van der Waals surface area (Å²) in [5.74, 6) is 0.546. The molecule has 2 nitrogen and oxygen atoms in total. The Hall–Kier alpha value is -1.02. The Labute approximate surface area is 99.1 Å². The fourth-order valence-electron chi connectivity index (χ4n) is 1.90. The van der Waals surface area contributed by atoms with Gasteiger partial charge in [0, 0.05) is 30.5 Å². The summed E-state index contributed by atoms with van der Waals surface area (Å²) in [4.78, 5) is 0. The summed E-state index contributed by atoms with van der Waals surface area (Å²) in [5.41, 5.74) is 2.17. The molecule has 1 heterocycles. The van der Waals surface area contributed by atoms with Crippen molar-refractivity contribution in [3.05, 3.63) is 37.2 Å². The van der Waals surface area contributed by atoms with Crippen molar-refractivity contribution in [2.24, 2.45) is 5.92 Å². The smallest absolute Gasteiger partial charge is 0.0472 e. The van der Waals surface area contributed by atoms with Crippen LogP contribution in [0, 0.1) is 5.92 Å². The predicted octanol–water partition coefficient (Wildman–Crippen LogP) is 3.39. The van der Waals surface area contributed by atoms with E-state index in [-0.39, 0.29) is 0 Å². The first kappa shape index (κ1) is 13.0. The third-order valence-corrected chi connectivity index (χ3v) is 2.94. The van der Waals surface area contributed by atoms with E-state index in [1.165, 1.54) is 0 Å². The molecule has 1 aliphatic rings. The highest BCUT2D eigenvalue weighted by Gasteiger charge is 2.16. The minimum Gasteiger partial charge on any atom is -0.381 e. The molecule has 2 heteroatoms. The van der Waals surface area contributed by atoms with Crippen LogP contribution in [0.3, 0.4) is 0 Å². The lowest BCUT2D eigenvalue weighted by atomic mass is 9.97. The molecule has 1 rings (SSSR count). The molecule has 0 amide bonds. The molecule has 1 saturated heterocycles. The predicted molar refractivity (Wildman–Crippen MR) is 69.0 cm³/mol. The Balaban J connectivity index is 2.21. The van der Waals surface area contributed by atoms with Gasteiger partial charge in [0.2, 0.25) is 0 Å². The van der Waals surface area contributed by atoms with Gasteiger partial charge in [-0.05, 0) is 32.1 Å². The molecule has 16 heavy (non-hydrogen) atoms. The molecule has 0 saturated carbocycles. The minimum absolute atomic E-state index is 0.546. The lowest BCUT2D eigenvalue weighted by Crippen LogP contribution is -2.24. The standard InChI is InChI=1S/C14H23NO/c1-4-5-6-7-12(2)15-13(3)14-8-10-16-11-9-14/h4,14-15H,1-3,5-11H2. The number of ether oxygens (including phenoxy) is 1. The van der Waals surface area contributed by atoms with Gasteiger partial charge in [0.15, 0.2) is 0 Å². The quantitative estimate of drug-likeness (QED) is 0.525. The molecule has 1 aliphatic heterocycles. The van der Waals surface area contributed by atoms with E-state index in [9.17, 15) is 0 Å². The number of hydrogen-bond acceptors (Lipinski definition) is 2. The Morgan fingerprint density at radius 2 is 2.00 bits per heavy atom. The normalized spacial score (nSPS) is 16.8. The first-order chi connectivity index (χ1) is 7.74. The van der Waals surface area contributed by atoms with Crippen molar-refractivity contribution in [3.8, 4) is 0 Å². The second-order valence-corrected chi connectivity index (χ2v) is 4.32. The van der Waals surface area contributed by atoms with Gasteiger partial charge in [-0.25, -0.2) is 0 Å². The molecule has 0 aromatic heterocycles. The average molecular weight is 221 g/mol. The van der Waals surface area contributed by atoms with Crippen LogP contribution in [0.15, 0.2) is 37.2 Å². The van der Waals surface area contributed by atoms with Crippen LogP contribution >= 0.6 is 0 Å². The molecule has 1 N–H and O–H groups in total. The molecule has 0 unspecified atom stereocenters. The van der Waals surface area contributed by atoms with Crippen molar-refractivity contribution < 1.29 is 4.74 Å². The highest BCUT2D eigenvalue weighted by atomic mass is 16.5. The molecule has 90 valence electrons. The Bertz CT molecular complexity index is 251. The van der Waals surface area contributed by atoms with Gasteiger partial charge in [-0.1, -0.05) is 19.2 Å². The second kappa shape index (κ2) is 7.29. The number of unbranched alkanes of at least 4 members (excludes halogenated alkanes) is 1. The van der Waals surface area contributed by atoms with E-state index in [0.29, 0.717) is 5.92 Å². The van der Waals surface area contributed by atoms with Gasteiger partial charge >= 0.3 is 0 Å². The molecular weight excluding hydrogens is 198 g/mol. The Kier molecular flexibility index (Phi) is 5.94. The number of hydrogen-bond donors (Lipinski definition) is 1. The van der Waals surface area contributed by atoms with Gasteiger partial charge in [0.05, 0.1) is 0 Å². The highest BCUT2D eigenvalue weighted by Crippen LogP contribution is 2.21. The van der Waals surface area contributed by atoms with Gasteiger partial charge in [-0.15, -0.1) is 6.58 Å². The number of allylic oxidation sites excluding steroid dienone is 3. The zero-order chi connectivity index (χ0) is 11.8. The van der Waals surface area contributed by atoms with Gasteiger partial charge in [0.1, 0.15) is 0 Å². The molecular formula is C14H23NO.